The molecule has 0 aromatic carbocycles. The zero-order chi connectivity index (χ0) is 12.8. The minimum Gasteiger partial charge on any atom is -0.481 e. The van der Waals surface area contributed by atoms with Crippen LogP contribution in [0.3, 0.4) is 0 Å². The van der Waals surface area contributed by atoms with Crippen molar-refractivity contribution in [1.82, 2.24) is 9.44 Å². The summed E-state index contributed by atoms with van der Waals surface area (Å²) < 4.78 is 27.6. The molecule has 0 heterocycles. The van der Waals surface area contributed by atoms with Gasteiger partial charge < -0.3 is 5.11 Å². The normalized spacial score (nSPS) is 12.7. The van der Waals surface area contributed by atoms with Crippen LogP contribution in [-0.4, -0.2) is 31.6 Å². The largest absolute Gasteiger partial charge is 0.481 e. The van der Waals surface area contributed by atoms with Gasteiger partial charge in [-0.15, -0.1) is 0 Å². The highest BCUT2D eigenvalue weighted by molar-refractivity contribution is 7.87. The van der Waals surface area contributed by atoms with E-state index in [-0.39, 0.29) is 13.0 Å². The van der Waals surface area contributed by atoms with Crippen LogP contribution < -0.4 is 9.44 Å². The zero-order valence-corrected chi connectivity index (χ0v) is 10.7. The first-order valence-electron chi connectivity index (χ1n) is 5.13. The maximum atomic E-state index is 11.4. The van der Waals surface area contributed by atoms with Crippen LogP contribution in [0.25, 0.3) is 0 Å². The summed E-state index contributed by atoms with van der Waals surface area (Å²) in [5.41, 5.74) is -0.521. The van der Waals surface area contributed by atoms with E-state index < -0.39 is 21.7 Å². The molecule has 0 spiro atoms. The molecule has 7 heteroatoms. The molecular weight excluding hydrogens is 232 g/mol. The summed E-state index contributed by atoms with van der Waals surface area (Å²) in [6.45, 7) is 5.49. The standard InChI is InChI=1S/C9H20N2O4S/c1-9(2,3)11-16(14,15)10-7-5-4-6-8(12)13/h10-11H,4-7H2,1-3H3,(H,12,13). The molecule has 0 aromatic heterocycles. The Kier molecular flexibility index (Phi) is 5.91. The summed E-state index contributed by atoms with van der Waals surface area (Å²) in [6.07, 6.45) is 1.04. The van der Waals surface area contributed by atoms with Crippen LogP contribution in [0.15, 0.2) is 0 Å². The number of nitrogens with one attached hydrogen (secondary N) is 2. The Morgan fingerprint density at radius 2 is 1.81 bits per heavy atom. The van der Waals surface area contributed by atoms with E-state index in [1.54, 1.807) is 20.8 Å². The van der Waals surface area contributed by atoms with Gasteiger partial charge in [0.25, 0.3) is 10.2 Å². The number of rotatable bonds is 7. The molecule has 0 amide bonds. The van der Waals surface area contributed by atoms with Crippen molar-refractivity contribution in [3.8, 4) is 0 Å². The Labute approximate surface area is 96.6 Å². The molecule has 96 valence electrons. The summed E-state index contributed by atoms with van der Waals surface area (Å²) in [7, 11) is -3.49. The fourth-order valence-corrected chi connectivity index (χ4v) is 2.34. The van der Waals surface area contributed by atoms with E-state index >= 15 is 0 Å². The predicted molar refractivity (Wildman–Crippen MR) is 61.3 cm³/mol. The van der Waals surface area contributed by atoms with Gasteiger partial charge in [-0.2, -0.15) is 13.1 Å². The molecule has 0 atom stereocenters. The number of aliphatic carboxylic acids is 1. The topological polar surface area (TPSA) is 95.5 Å². The third kappa shape index (κ3) is 9.88. The van der Waals surface area contributed by atoms with Crippen molar-refractivity contribution in [2.24, 2.45) is 0 Å². The smallest absolute Gasteiger partial charge is 0.303 e. The highest BCUT2D eigenvalue weighted by Gasteiger charge is 2.18. The number of hydrogen-bond donors (Lipinski definition) is 3. The van der Waals surface area contributed by atoms with E-state index in [2.05, 4.69) is 9.44 Å². The molecule has 0 saturated carbocycles. The van der Waals surface area contributed by atoms with E-state index in [9.17, 15) is 13.2 Å². The Morgan fingerprint density at radius 3 is 2.25 bits per heavy atom. The van der Waals surface area contributed by atoms with Crippen molar-refractivity contribution in [2.75, 3.05) is 6.54 Å². The van der Waals surface area contributed by atoms with Gasteiger partial charge >= 0.3 is 5.97 Å². The lowest BCUT2D eigenvalue weighted by molar-refractivity contribution is -0.137. The van der Waals surface area contributed by atoms with Gasteiger partial charge in [0, 0.05) is 18.5 Å². The van der Waals surface area contributed by atoms with Gasteiger partial charge in [0.05, 0.1) is 0 Å². The van der Waals surface area contributed by atoms with E-state index in [4.69, 9.17) is 5.11 Å². The van der Waals surface area contributed by atoms with Crippen LogP contribution in [0.4, 0.5) is 0 Å². The van der Waals surface area contributed by atoms with Crippen LogP contribution in [0.1, 0.15) is 40.0 Å². The molecule has 0 rings (SSSR count). The molecule has 0 aliphatic heterocycles. The Hall–Kier alpha value is -0.660. The molecule has 0 unspecified atom stereocenters. The molecule has 0 bridgehead atoms. The molecule has 0 aromatic rings. The Balaban J connectivity index is 3.80. The molecule has 0 aliphatic carbocycles. The molecular formula is C9H20N2O4S. The van der Waals surface area contributed by atoms with Crippen LogP contribution in [0.2, 0.25) is 0 Å². The zero-order valence-electron chi connectivity index (χ0n) is 9.91. The Morgan fingerprint density at radius 1 is 1.25 bits per heavy atom. The lowest BCUT2D eigenvalue weighted by Crippen LogP contribution is -2.47. The van der Waals surface area contributed by atoms with Crippen LogP contribution in [-0.2, 0) is 15.0 Å². The van der Waals surface area contributed by atoms with E-state index in [0.29, 0.717) is 12.8 Å². The summed E-state index contributed by atoms with van der Waals surface area (Å²) in [6, 6.07) is 0. The van der Waals surface area contributed by atoms with Crippen molar-refractivity contribution >= 4 is 16.2 Å². The monoisotopic (exact) mass is 252 g/mol. The van der Waals surface area contributed by atoms with Crippen molar-refractivity contribution in [2.45, 2.75) is 45.6 Å². The minimum absolute atomic E-state index is 0.0639. The highest BCUT2D eigenvalue weighted by Crippen LogP contribution is 2.01. The third-order valence-corrected chi connectivity index (χ3v) is 3.02. The SMILES string of the molecule is CC(C)(C)NS(=O)(=O)NCCCCC(=O)O. The molecule has 0 aliphatic rings. The molecule has 6 nitrogen and oxygen atoms in total. The van der Waals surface area contributed by atoms with E-state index in [1.165, 1.54) is 0 Å². The van der Waals surface area contributed by atoms with Crippen LogP contribution in [0, 0.1) is 0 Å². The summed E-state index contributed by atoms with van der Waals surface area (Å²) in [5, 5.41) is 8.37. The first-order valence-corrected chi connectivity index (χ1v) is 6.61. The van der Waals surface area contributed by atoms with Crippen molar-refractivity contribution in [3.63, 3.8) is 0 Å². The van der Waals surface area contributed by atoms with Gasteiger partial charge in [0.15, 0.2) is 0 Å². The van der Waals surface area contributed by atoms with Crippen molar-refractivity contribution in [1.29, 1.82) is 0 Å². The van der Waals surface area contributed by atoms with Gasteiger partial charge in [0.2, 0.25) is 0 Å². The first-order chi connectivity index (χ1) is 7.12. The summed E-state index contributed by atoms with van der Waals surface area (Å²) in [5.74, 6) is -0.865. The van der Waals surface area contributed by atoms with E-state index in [0.717, 1.165) is 0 Å². The maximum absolute atomic E-state index is 11.4. The molecule has 0 fully saturated rings. The molecule has 0 saturated heterocycles. The van der Waals surface area contributed by atoms with Crippen LogP contribution in [0.5, 0.6) is 0 Å². The average Bonchev–Trinajstić information content (AvgIpc) is 1.97. The Bertz CT molecular complexity index is 319. The highest BCUT2D eigenvalue weighted by atomic mass is 32.2. The maximum Gasteiger partial charge on any atom is 0.303 e. The quantitative estimate of drug-likeness (QED) is 0.574. The van der Waals surface area contributed by atoms with Crippen molar-refractivity contribution < 1.29 is 18.3 Å². The second kappa shape index (κ2) is 6.17. The average molecular weight is 252 g/mol. The molecule has 16 heavy (non-hydrogen) atoms. The number of hydrogen-bond acceptors (Lipinski definition) is 3. The number of carboxylic acid groups (broad SMARTS) is 1. The van der Waals surface area contributed by atoms with E-state index in [1.807, 2.05) is 0 Å². The second-order valence-corrected chi connectivity index (χ2v) is 6.10. The fraction of sp³-hybridized carbons (Fsp3) is 0.889. The number of carboxylic acids is 1. The second-order valence-electron chi connectivity index (χ2n) is 4.60. The number of carbonyl (C=O) groups is 1. The van der Waals surface area contributed by atoms with Crippen LogP contribution >= 0.6 is 0 Å². The first kappa shape index (κ1) is 15.3. The van der Waals surface area contributed by atoms with Gasteiger partial charge in [-0.05, 0) is 33.6 Å². The fourth-order valence-electron chi connectivity index (χ4n) is 1.05. The molecule has 0 radical (unpaired) electrons. The van der Waals surface area contributed by atoms with Gasteiger partial charge in [-0.25, -0.2) is 4.72 Å². The predicted octanol–water partition coefficient (Wildman–Crippen LogP) is 0.464. The lowest BCUT2D eigenvalue weighted by atomic mass is 10.1. The molecule has 3 N–H and O–H groups in total. The van der Waals surface area contributed by atoms with Crippen molar-refractivity contribution in [3.05, 3.63) is 0 Å². The summed E-state index contributed by atoms with van der Waals surface area (Å²) >= 11 is 0. The minimum atomic E-state index is -3.49. The lowest BCUT2D eigenvalue weighted by Gasteiger charge is -2.20. The third-order valence-electron chi connectivity index (χ3n) is 1.55. The summed E-state index contributed by atoms with van der Waals surface area (Å²) in [4.78, 5) is 10.2. The van der Waals surface area contributed by atoms with Gasteiger partial charge in [-0.1, -0.05) is 0 Å². The number of unbranched alkanes of at least 4 members (excludes halogenated alkanes) is 1. The van der Waals surface area contributed by atoms with Gasteiger partial charge in [0.1, 0.15) is 0 Å². The van der Waals surface area contributed by atoms with Gasteiger partial charge in [-0.3, -0.25) is 4.79 Å².